The smallest absolute Gasteiger partial charge is 0.298 e. The van der Waals surface area contributed by atoms with Crippen molar-refractivity contribution in [3.8, 4) is 11.8 Å². The van der Waals surface area contributed by atoms with E-state index in [2.05, 4.69) is 27.1 Å². The van der Waals surface area contributed by atoms with Crippen LogP contribution in [0.2, 0.25) is 5.02 Å². The highest BCUT2D eigenvalue weighted by Crippen LogP contribution is 2.29. The van der Waals surface area contributed by atoms with Crippen molar-refractivity contribution in [1.29, 1.82) is 0 Å². The van der Waals surface area contributed by atoms with Crippen LogP contribution in [0.25, 0.3) is 10.9 Å². The van der Waals surface area contributed by atoms with E-state index in [1.165, 1.54) is 4.90 Å². The van der Waals surface area contributed by atoms with E-state index in [0.717, 1.165) is 12.8 Å². The maximum atomic E-state index is 13.5. The Kier molecular flexibility index (Phi) is 6.70. The molecule has 4 rings (SSSR count). The van der Waals surface area contributed by atoms with Gasteiger partial charge in [-0.25, -0.2) is 18.7 Å². The van der Waals surface area contributed by atoms with E-state index < -0.39 is 12.2 Å². The first-order valence-corrected chi connectivity index (χ1v) is 10.9. The van der Waals surface area contributed by atoms with Crippen LogP contribution in [-0.2, 0) is 9.59 Å². The first kappa shape index (κ1) is 22.2. The molecular weight excluding hydrogens is 440 g/mol. The van der Waals surface area contributed by atoms with Crippen molar-refractivity contribution in [2.24, 2.45) is 5.92 Å². The highest BCUT2D eigenvalue weighted by atomic mass is 35.5. The quantitative estimate of drug-likeness (QED) is 0.696. The van der Waals surface area contributed by atoms with Gasteiger partial charge in [-0.05, 0) is 37.0 Å². The minimum atomic E-state index is -2.84. The van der Waals surface area contributed by atoms with Crippen molar-refractivity contribution >= 4 is 40.1 Å². The Morgan fingerprint density at radius 3 is 2.75 bits per heavy atom. The second-order valence-corrected chi connectivity index (χ2v) is 8.23. The molecule has 0 atom stereocenters. The van der Waals surface area contributed by atoms with E-state index in [1.807, 2.05) is 0 Å². The minimum Gasteiger partial charge on any atom is -0.354 e. The average molecular weight is 462 g/mol. The van der Waals surface area contributed by atoms with Gasteiger partial charge in [0.05, 0.1) is 5.52 Å². The van der Waals surface area contributed by atoms with Crippen LogP contribution < -0.4 is 10.2 Å². The summed E-state index contributed by atoms with van der Waals surface area (Å²) in [6.45, 7) is 1.47. The third-order valence-electron chi connectivity index (χ3n) is 5.35. The Balaban J connectivity index is 1.66. The Morgan fingerprint density at radius 1 is 1.19 bits per heavy atom. The second-order valence-electron chi connectivity index (χ2n) is 7.79. The van der Waals surface area contributed by atoms with Crippen LogP contribution in [0.4, 0.5) is 14.6 Å². The zero-order valence-corrected chi connectivity index (χ0v) is 18.0. The molecule has 2 heterocycles. The van der Waals surface area contributed by atoms with Crippen LogP contribution in [0.3, 0.4) is 0 Å². The number of fused-ring (bicyclic) bond motifs is 1. The number of hydrogen-bond donors (Lipinski definition) is 1. The number of benzene rings is 1. The fraction of sp³-hybridized carbons (Fsp3) is 0.455. The molecule has 2 aromatic rings. The van der Waals surface area contributed by atoms with Gasteiger partial charge in [0.25, 0.3) is 12.3 Å². The van der Waals surface area contributed by atoms with Crippen LogP contribution in [0.1, 0.15) is 31.5 Å². The van der Waals surface area contributed by atoms with Crippen molar-refractivity contribution in [2.75, 3.05) is 37.6 Å². The molecule has 168 valence electrons. The van der Waals surface area contributed by atoms with E-state index in [0.29, 0.717) is 41.4 Å². The molecule has 1 N–H and O–H groups in total. The van der Waals surface area contributed by atoms with Crippen LogP contribution in [0.5, 0.6) is 0 Å². The summed E-state index contributed by atoms with van der Waals surface area (Å²) in [6.07, 6.45) is -0.651. The molecule has 1 aromatic heterocycles. The first-order valence-electron chi connectivity index (χ1n) is 10.5. The van der Waals surface area contributed by atoms with E-state index >= 15 is 0 Å². The minimum absolute atomic E-state index is 0.179. The van der Waals surface area contributed by atoms with E-state index in [9.17, 15) is 18.4 Å². The topological polar surface area (TPSA) is 78.4 Å². The van der Waals surface area contributed by atoms with Crippen molar-refractivity contribution < 1.29 is 18.4 Å². The molecule has 7 nitrogen and oxygen atoms in total. The molecule has 2 amide bonds. The molecule has 1 aliphatic carbocycles. The maximum Gasteiger partial charge on any atom is 0.298 e. The number of nitrogens with one attached hydrogen (secondary N) is 1. The number of anilines is 1. The Morgan fingerprint density at radius 2 is 2.00 bits per heavy atom. The summed E-state index contributed by atoms with van der Waals surface area (Å²) >= 11 is 6.14. The molecule has 0 spiro atoms. The van der Waals surface area contributed by atoms with Gasteiger partial charge in [0.1, 0.15) is 5.82 Å². The molecule has 0 unspecified atom stereocenters. The highest BCUT2D eigenvalue weighted by Gasteiger charge is 2.23. The van der Waals surface area contributed by atoms with Gasteiger partial charge in [0.15, 0.2) is 5.82 Å². The lowest BCUT2D eigenvalue weighted by atomic mass is 10.2. The predicted octanol–water partition coefficient (Wildman–Crippen LogP) is 2.79. The standard InChI is InChI=1S/C22H22ClF2N5O2/c23-15-4-5-17-16(13-15)22(28-21(27-17)20(24)25)30-10-8-26-18(31)7-9-29(11-12-30)19(32)6-3-14-1-2-14/h4-5,13-14,20H,1-2,7-12H2,(H,26,31). The van der Waals surface area contributed by atoms with Gasteiger partial charge in [0.2, 0.25) is 5.91 Å². The van der Waals surface area contributed by atoms with Crippen LogP contribution >= 0.6 is 11.6 Å². The average Bonchev–Trinajstić information content (AvgIpc) is 3.60. The molecule has 1 aromatic carbocycles. The summed E-state index contributed by atoms with van der Waals surface area (Å²) in [5, 5.41) is 3.75. The molecule has 32 heavy (non-hydrogen) atoms. The summed E-state index contributed by atoms with van der Waals surface area (Å²) in [7, 11) is 0. The Hall–Kier alpha value is -2.99. The number of carbonyl (C=O) groups is 2. The number of hydrogen-bond acceptors (Lipinski definition) is 5. The lowest BCUT2D eigenvalue weighted by Crippen LogP contribution is -2.45. The molecule has 0 bridgehead atoms. The molecule has 10 heteroatoms. The summed E-state index contributed by atoms with van der Waals surface area (Å²) < 4.78 is 26.9. The van der Waals surface area contributed by atoms with Gasteiger partial charge in [-0.2, -0.15) is 0 Å². The SMILES string of the molecule is O=C1CCN(C(=O)C#CC2CC2)CCN(c2nc(C(F)F)nc3ccc(Cl)cc23)CCN1. The summed E-state index contributed by atoms with van der Waals surface area (Å²) in [6, 6.07) is 4.78. The lowest BCUT2D eigenvalue weighted by molar-refractivity contribution is -0.126. The Labute approximate surface area is 189 Å². The number of rotatable bonds is 2. The molecule has 1 saturated heterocycles. The number of alkyl halides is 2. The fourth-order valence-corrected chi connectivity index (χ4v) is 3.62. The number of nitrogens with zero attached hydrogens (tertiary/aromatic N) is 4. The lowest BCUT2D eigenvalue weighted by Gasteiger charge is -2.30. The van der Waals surface area contributed by atoms with Gasteiger partial charge >= 0.3 is 0 Å². The maximum absolute atomic E-state index is 13.5. The van der Waals surface area contributed by atoms with Crippen molar-refractivity contribution in [2.45, 2.75) is 25.7 Å². The zero-order valence-electron chi connectivity index (χ0n) is 17.3. The number of aromatic nitrogens is 2. The monoisotopic (exact) mass is 461 g/mol. The number of halogens is 3. The number of amides is 2. The van der Waals surface area contributed by atoms with Crippen LogP contribution in [0, 0.1) is 17.8 Å². The van der Waals surface area contributed by atoms with Gasteiger partial charge in [-0.15, -0.1) is 0 Å². The first-order chi connectivity index (χ1) is 15.4. The summed E-state index contributed by atoms with van der Waals surface area (Å²) in [4.78, 5) is 36.1. The van der Waals surface area contributed by atoms with E-state index in [4.69, 9.17) is 11.6 Å². The van der Waals surface area contributed by atoms with E-state index in [1.54, 1.807) is 23.1 Å². The van der Waals surface area contributed by atoms with Gasteiger partial charge < -0.3 is 15.1 Å². The van der Waals surface area contributed by atoms with Crippen molar-refractivity contribution in [3.05, 3.63) is 29.0 Å². The largest absolute Gasteiger partial charge is 0.354 e. The molecular formula is C22H22ClF2N5O2. The second kappa shape index (κ2) is 9.65. The van der Waals surface area contributed by atoms with Crippen molar-refractivity contribution in [1.82, 2.24) is 20.2 Å². The highest BCUT2D eigenvalue weighted by molar-refractivity contribution is 6.31. The van der Waals surface area contributed by atoms with Crippen molar-refractivity contribution in [3.63, 3.8) is 0 Å². The predicted molar refractivity (Wildman–Crippen MR) is 116 cm³/mol. The van der Waals surface area contributed by atoms with Gasteiger partial charge in [0, 0.05) is 55.5 Å². The molecule has 2 fully saturated rings. The normalized spacial score (nSPS) is 17.7. The Bertz CT molecular complexity index is 1100. The summed E-state index contributed by atoms with van der Waals surface area (Å²) in [5.41, 5.74) is 0.346. The fourth-order valence-electron chi connectivity index (χ4n) is 3.45. The molecule has 0 radical (unpaired) electrons. The third kappa shape index (κ3) is 5.43. The molecule has 2 aliphatic rings. The van der Waals surface area contributed by atoms with Gasteiger partial charge in [-0.3, -0.25) is 9.59 Å². The van der Waals surface area contributed by atoms with Crippen LogP contribution in [-0.4, -0.2) is 59.4 Å². The van der Waals surface area contributed by atoms with Gasteiger partial charge in [-0.1, -0.05) is 17.5 Å². The zero-order chi connectivity index (χ0) is 22.7. The molecule has 1 aliphatic heterocycles. The summed E-state index contributed by atoms with van der Waals surface area (Å²) in [5.74, 6) is 5.08. The van der Waals surface area contributed by atoms with Crippen LogP contribution in [0.15, 0.2) is 18.2 Å². The molecule has 1 saturated carbocycles. The third-order valence-corrected chi connectivity index (χ3v) is 5.59. The number of carbonyl (C=O) groups excluding carboxylic acids is 2. The van der Waals surface area contributed by atoms with E-state index in [-0.39, 0.29) is 37.2 Å².